The number of carbonyl (C=O) groups is 1. The van der Waals surface area contributed by atoms with Crippen molar-refractivity contribution in [3.63, 3.8) is 0 Å². The summed E-state index contributed by atoms with van der Waals surface area (Å²) in [6, 6.07) is 0. The third-order valence-corrected chi connectivity index (χ3v) is 1.04. The summed E-state index contributed by atoms with van der Waals surface area (Å²) in [5, 5.41) is 16.6. The van der Waals surface area contributed by atoms with Crippen molar-refractivity contribution in [3.05, 3.63) is 0 Å². The topological polar surface area (TPSA) is 57.5 Å². The number of hydrogen-bond donors (Lipinski definition) is 3. The second kappa shape index (κ2) is 3.74. The van der Waals surface area contributed by atoms with E-state index in [1.54, 1.807) is 0 Å². The quantitative estimate of drug-likeness (QED) is 0.469. The molecule has 0 aromatic heterocycles. The van der Waals surface area contributed by atoms with Gasteiger partial charge in [-0.25, -0.2) is 0 Å². The molecule has 0 unspecified atom stereocenters. The maximum absolute atomic E-state index is 9.77. The second-order valence-corrected chi connectivity index (χ2v) is 1.80. The van der Waals surface area contributed by atoms with Crippen molar-refractivity contribution in [2.24, 2.45) is 0 Å². The van der Waals surface area contributed by atoms with Crippen LogP contribution in [0.25, 0.3) is 0 Å². The van der Waals surface area contributed by atoms with Crippen LogP contribution in [-0.4, -0.2) is 28.0 Å². The Labute approximate surface area is 52.7 Å². The van der Waals surface area contributed by atoms with Gasteiger partial charge in [-0.3, -0.25) is 4.79 Å². The molecule has 2 N–H and O–H groups in total. The Morgan fingerprint density at radius 2 is 2.25 bits per heavy atom. The summed E-state index contributed by atoms with van der Waals surface area (Å²) in [6.45, 7) is 0. The standard InChI is InChI=1S/C4H8O3S/c5-3(2-8)1-4(6)7/h3,5,8H,1-2H2,(H,6,7)/t3-/m1/s1. The van der Waals surface area contributed by atoms with Gasteiger partial charge in [-0.15, -0.1) is 0 Å². The molecule has 0 rings (SSSR count). The predicted octanol–water partition coefficient (Wildman–Crippen LogP) is -0.248. The van der Waals surface area contributed by atoms with Crippen LogP contribution in [0.5, 0.6) is 0 Å². The molecule has 48 valence electrons. The molecule has 0 aromatic carbocycles. The van der Waals surface area contributed by atoms with E-state index in [9.17, 15) is 4.79 Å². The molecule has 0 spiro atoms. The molecular weight excluding hydrogens is 128 g/mol. The predicted molar refractivity (Wildman–Crippen MR) is 32.1 cm³/mol. The number of carboxylic acid groups (broad SMARTS) is 1. The van der Waals surface area contributed by atoms with Gasteiger partial charge in [-0.2, -0.15) is 12.6 Å². The molecule has 0 bridgehead atoms. The first kappa shape index (κ1) is 7.78. The highest BCUT2D eigenvalue weighted by molar-refractivity contribution is 7.80. The Balaban J connectivity index is 3.24. The van der Waals surface area contributed by atoms with E-state index in [1.807, 2.05) is 0 Å². The molecule has 0 aliphatic carbocycles. The van der Waals surface area contributed by atoms with Crippen LogP contribution in [0.4, 0.5) is 0 Å². The van der Waals surface area contributed by atoms with Gasteiger partial charge >= 0.3 is 5.97 Å². The monoisotopic (exact) mass is 136 g/mol. The largest absolute Gasteiger partial charge is 0.481 e. The summed E-state index contributed by atoms with van der Waals surface area (Å²) >= 11 is 3.68. The highest BCUT2D eigenvalue weighted by atomic mass is 32.1. The third kappa shape index (κ3) is 3.95. The van der Waals surface area contributed by atoms with Gasteiger partial charge in [0.05, 0.1) is 12.5 Å². The first-order valence-electron chi connectivity index (χ1n) is 2.17. The van der Waals surface area contributed by atoms with Crippen LogP contribution in [-0.2, 0) is 4.79 Å². The van der Waals surface area contributed by atoms with Crippen molar-refractivity contribution >= 4 is 18.6 Å². The summed E-state index contributed by atoms with van der Waals surface area (Å²) in [6.07, 6.45) is -1.03. The lowest BCUT2D eigenvalue weighted by Gasteiger charge is -1.99. The first-order valence-corrected chi connectivity index (χ1v) is 2.80. The highest BCUT2D eigenvalue weighted by Crippen LogP contribution is 1.92. The molecule has 0 heterocycles. The summed E-state index contributed by atoms with van der Waals surface area (Å²) in [4.78, 5) is 9.77. The van der Waals surface area contributed by atoms with Crippen LogP contribution in [0.2, 0.25) is 0 Å². The molecule has 3 nitrogen and oxygen atoms in total. The van der Waals surface area contributed by atoms with E-state index in [1.165, 1.54) is 0 Å². The lowest BCUT2D eigenvalue weighted by Crippen LogP contribution is -2.13. The van der Waals surface area contributed by atoms with E-state index in [0.29, 0.717) is 0 Å². The minimum atomic E-state index is -0.994. The molecule has 0 radical (unpaired) electrons. The minimum Gasteiger partial charge on any atom is -0.481 e. The first-order chi connectivity index (χ1) is 3.66. The highest BCUT2D eigenvalue weighted by Gasteiger charge is 2.05. The van der Waals surface area contributed by atoms with Crippen molar-refractivity contribution in [1.29, 1.82) is 0 Å². The van der Waals surface area contributed by atoms with Gasteiger partial charge in [0.15, 0.2) is 0 Å². The molecule has 1 atom stereocenters. The van der Waals surface area contributed by atoms with Crippen LogP contribution >= 0.6 is 12.6 Å². The number of carboxylic acids is 1. The van der Waals surface area contributed by atoms with E-state index in [4.69, 9.17) is 10.2 Å². The van der Waals surface area contributed by atoms with Crippen LogP contribution in [0, 0.1) is 0 Å². The Morgan fingerprint density at radius 1 is 1.75 bits per heavy atom. The Kier molecular flexibility index (Phi) is 3.64. The van der Waals surface area contributed by atoms with Crippen molar-refractivity contribution in [3.8, 4) is 0 Å². The van der Waals surface area contributed by atoms with Crippen LogP contribution in [0.3, 0.4) is 0 Å². The average molecular weight is 136 g/mol. The molecule has 0 aliphatic rings. The van der Waals surface area contributed by atoms with Crippen molar-refractivity contribution in [1.82, 2.24) is 0 Å². The number of thiol groups is 1. The Morgan fingerprint density at radius 3 is 2.38 bits per heavy atom. The fourth-order valence-corrected chi connectivity index (χ4v) is 0.395. The number of rotatable bonds is 3. The molecule has 0 saturated carbocycles. The Bertz CT molecular complexity index is 83.4. The molecule has 0 amide bonds. The molecule has 4 heteroatoms. The lowest BCUT2D eigenvalue weighted by molar-refractivity contribution is -0.138. The zero-order valence-corrected chi connectivity index (χ0v) is 5.14. The van der Waals surface area contributed by atoms with E-state index in [-0.39, 0.29) is 12.2 Å². The maximum Gasteiger partial charge on any atom is 0.306 e. The van der Waals surface area contributed by atoms with Gasteiger partial charge in [-0.1, -0.05) is 0 Å². The van der Waals surface area contributed by atoms with Crippen molar-refractivity contribution in [2.75, 3.05) is 5.75 Å². The zero-order valence-electron chi connectivity index (χ0n) is 4.24. The summed E-state index contributed by atoms with van der Waals surface area (Å²) in [7, 11) is 0. The number of aliphatic carboxylic acids is 1. The number of aliphatic hydroxyl groups excluding tert-OH is 1. The van der Waals surface area contributed by atoms with Gasteiger partial charge in [-0.05, 0) is 0 Å². The van der Waals surface area contributed by atoms with Crippen LogP contribution in [0.15, 0.2) is 0 Å². The average Bonchev–Trinajstić information content (AvgIpc) is 1.65. The minimum absolute atomic E-state index is 0.201. The third-order valence-electron chi connectivity index (χ3n) is 0.621. The van der Waals surface area contributed by atoms with Gasteiger partial charge in [0.2, 0.25) is 0 Å². The second-order valence-electron chi connectivity index (χ2n) is 1.43. The van der Waals surface area contributed by atoms with E-state index in [2.05, 4.69) is 12.6 Å². The smallest absolute Gasteiger partial charge is 0.306 e. The van der Waals surface area contributed by atoms with Gasteiger partial charge in [0.25, 0.3) is 0 Å². The fraction of sp³-hybridized carbons (Fsp3) is 0.750. The zero-order chi connectivity index (χ0) is 6.57. The normalized spacial score (nSPS) is 13.2. The van der Waals surface area contributed by atoms with Crippen LogP contribution in [0.1, 0.15) is 6.42 Å². The van der Waals surface area contributed by atoms with E-state index < -0.39 is 12.1 Å². The van der Waals surface area contributed by atoms with Gasteiger partial charge < -0.3 is 10.2 Å². The summed E-state index contributed by atoms with van der Waals surface area (Å²) in [5.74, 6) is -0.793. The van der Waals surface area contributed by atoms with Crippen molar-refractivity contribution < 1.29 is 15.0 Å². The van der Waals surface area contributed by atoms with Crippen LogP contribution < -0.4 is 0 Å². The molecule has 0 fully saturated rings. The lowest BCUT2D eigenvalue weighted by atomic mass is 10.3. The van der Waals surface area contributed by atoms with E-state index >= 15 is 0 Å². The van der Waals surface area contributed by atoms with E-state index in [0.717, 1.165) is 0 Å². The summed E-state index contributed by atoms with van der Waals surface area (Å²) < 4.78 is 0. The van der Waals surface area contributed by atoms with Crippen molar-refractivity contribution in [2.45, 2.75) is 12.5 Å². The number of aliphatic hydroxyl groups is 1. The number of hydrogen-bond acceptors (Lipinski definition) is 3. The summed E-state index contributed by atoms with van der Waals surface area (Å²) in [5.41, 5.74) is 0. The maximum atomic E-state index is 9.77. The molecule has 0 saturated heterocycles. The molecule has 0 aromatic rings. The fourth-order valence-electron chi connectivity index (χ4n) is 0.266. The van der Waals surface area contributed by atoms with Gasteiger partial charge in [0.1, 0.15) is 0 Å². The SMILES string of the molecule is O=C(O)C[C@@H](O)CS. The van der Waals surface area contributed by atoms with Gasteiger partial charge in [0, 0.05) is 5.75 Å². The molecule has 8 heavy (non-hydrogen) atoms. The Hall–Kier alpha value is -0.220. The molecular formula is C4H8O3S. The molecule has 0 aliphatic heterocycles.